The van der Waals surface area contributed by atoms with Gasteiger partial charge in [-0.3, -0.25) is 4.79 Å². The molecule has 3 N–H and O–H groups in total. The van der Waals surface area contributed by atoms with Gasteiger partial charge in [0.25, 0.3) is 5.91 Å². The Labute approximate surface area is 175 Å². The monoisotopic (exact) mass is 406 g/mol. The summed E-state index contributed by atoms with van der Waals surface area (Å²) in [6, 6.07) is 15.0. The zero-order valence-electron chi connectivity index (χ0n) is 17.2. The van der Waals surface area contributed by atoms with Gasteiger partial charge in [0.15, 0.2) is 0 Å². The number of hydrogen-bond acceptors (Lipinski definition) is 7. The fraction of sp³-hybridized carbons (Fsp3) is 0.318. The number of benzene rings is 2. The van der Waals surface area contributed by atoms with E-state index in [0.29, 0.717) is 11.3 Å². The Morgan fingerprint density at radius 2 is 1.73 bits per heavy atom. The number of nitrogen functional groups attached to an aromatic ring is 1. The maximum absolute atomic E-state index is 12.9. The summed E-state index contributed by atoms with van der Waals surface area (Å²) in [7, 11) is 0. The van der Waals surface area contributed by atoms with E-state index in [1.54, 1.807) is 24.3 Å². The summed E-state index contributed by atoms with van der Waals surface area (Å²) >= 11 is 0. The Kier molecular flexibility index (Phi) is 5.56. The molecule has 1 aliphatic heterocycles. The molecule has 2 heterocycles. The zero-order chi connectivity index (χ0) is 21.1. The lowest BCUT2D eigenvalue weighted by molar-refractivity contribution is 0.0948. The van der Waals surface area contributed by atoms with Crippen LogP contribution in [0.1, 0.15) is 37.0 Å². The molecule has 1 saturated heterocycles. The van der Waals surface area contributed by atoms with Crippen LogP contribution in [0, 0.1) is 0 Å². The standard InChI is InChI=1S/C22H26N6O2/c1-15(2)30-19-11-5-16(6-12-19)20(29)28-22(25-21(23)26-28)24-17-7-9-18(10-8-17)27-13-3-4-14-27/h5-12,15H,3-4,13-14H2,1-2H3,(H3,23,24,25,26). The van der Waals surface area contributed by atoms with E-state index < -0.39 is 0 Å². The number of anilines is 4. The Balaban J connectivity index is 1.51. The fourth-order valence-corrected chi connectivity index (χ4v) is 3.48. The van der Waals surface area contributed by atoms with E-state index in [0.717, 1.165) is 18.8 Å². The van der Waals surface area contributed by atoms with Crippen molar-refractivity contribution in [2.45, 2.75) is 32.8 Å². The highest BCUT2D eigenvalue weighted by molar-refractivity contribution is 5.97. The quantitative estimate of drug-likeness (QED) is 0.644. The molecule has 0 unspecified atom stereocenters. The second-order valence-electron chi connectivity index (χ2n) is 7.57. The molecule has 3 aromatic rings. The molecule has 0 spiro atoms. The highest BCUT2D eigenvalue weighted by Gasteiger charge is 2.18. The Morgan fingerprint density at radius 3 is 2.37 bits per heavy atom. The van der Waals surface area contributed by atoms with Crippen LogP contribution in [0.3, 0.4) is 0 Å². The maximum atomic E-state index is 12.9. The van der Waals surface area contributed by atoms with Crippen molar-refractivity contribution in [1.29, 1.82) is 0 Å². The normalized spacial score (nSPS) is 13.6. The molecule has 8 nitrogen and oxygen atoms in total. The van der Waals surface area contributed by atoms with Crippen LogP contribution in [0.5, 0.6) is 5.75 Å². The SMILES string of the molecule is CC(C)Oc1ccc(C(=O)n2nc(N)nc2Nc2ccc(N3CCCC3)cc2)cc1. The van der Waals surface area contributed by atoms with Crippen LogP contribution in [0.15, 0.2) is 48.5 Å². The number of nitrogens with zero attached hydrogens (tertiary/aromatic N) is 4. The molecule has 0 atom stereocenters. The summed E-state index contributed by atoms with van der Waals surface area (Å²) in [5.74, 6) is 0.677. The number of aromatic nitrogens is 3. The first-order valence-corrected chi connectivity index (χ1v) is 10.2. The molecule has 0 bridgehead atoms. The summed E-state index contributed by atoms with van der Waals surface area (Å²) in [5, 5.41) is 7.21. The van der Waals surface area contributed by atoms with E-state index in [-0.39, 0.29) is 23.9 Å². The molecule has 0 radical (unpaired) electrons. The first-order chi connectivity index (χ1) is 14.5. The molecule has 1 fully saturated rings. The zero-order valence-corrected chi connectivity index (χ0v) is 17.2. The van der Waals surface area contributed by atoms with Crippen molar-refractivity contribution in [1.82, 2.24) is 14.8 Å². The van der Waals surface area contributed by atoms with E-state index in [1.807, 2.05) is 26.0 Å². The van der Waals surface area contributed by atoms with Gasteiger partial charge in [-0.15, -0.1) is 5.10 Å². The number of nitrogens with two attached hydrogens (primary N) is 1. The molecular weight excluding hydrogens is 380 g/mol. The molecule has 1 aliphatic rings. The summed E-state index contributed by atoms with van der Waals surface area (Å²) in [6.45, 7) is 6.08. The van der Waals surface area contributed by atoms with Crippen molar-refractivity contribution in [3.8, 4) is 5.75 Å². The van der Waals surface area contributed by atoms with Gasteiger partial charge in [0.1, 0.15) is 5.75 Å². The summed E-state index contributed by atoms with van der Waals surface area (Å²) in [4.78, 5) is 19.5. The van der Waals surface area contributed by atoms with Crippen molar-refractivity contribution in [2.24, 2.45) is 0 Å². The van der Waals surface area contributed by atoms with Gasteiger partial charge in [-0.25, -0.2) is 0 Å². The van der Waals surface area contributed by atoms with Gasteiger partial charge in [0.2, 0.25) is 11.9 Å². The molecule has 156 valence electrons. The average molecular weight is 406 g/mol. The minimum Gasteiger partial charge on any atom is -0.491 e. The number of nitrogens with one attached hydrogen (secondary N) is 1. The molecule has 0 amide bonds. The van der Waals surface area contributed by atoms with E-state index in [4.69, 9.17) is 10.5 Å². The van der Waals surface area contributed by atoms with E-state index in [1.165, 1.54) is 23.2 Å². The van der Waals surface area contributed by atoms with Crippen LogP contribution in [0.4, 0.5) is 23.3 Å². The molecule has 30 heavy (non-hydrogen) atoms. The Bertz CT molecular complexity index is 1010. The number of carbonyl (C=O) groups is 1. The highest BCUT2D eigenvalue weighted by atomic mass is 16.5. The van der Waals surface area contributed by atoms with Crippen molar-refractivity contribution < 1.29 is 9.53 Å². The Morgan fingerprint density at radius 1 is 1.07 bits per heavy atom. The van der Waals surface area contributed by atoms with Gasteiger partial charge in [-0.1, -0.05) is 0 Å². The minimum atomic E-state index is -0.327. The van der Waals surface area contributed by atoms with Crippen LogP contribution >= 0.6 is 0 Å². The van der Waals surface area contributed by atoms with Crippen molar-refractivity contribution >= 4 is 29.2 Å². The van der Waals surface area contributed by atoms with Crippen LogP contribution in [0.25, 0.3) is 0 Å². The van der Waals surface area contributed by atoms with Crippen LogP contribution in [0.2, 0.25) is 0 Å². The van der Waals surface area contributed by atoms with E-state index in [2.05, 4.69) is 32.4 Å². The first-order valence-electron chi connectivity index (χ1n) is 10.2. The second-order valence-corrected chi connectivity index (χ2v) is 7.57. The lowest BCUT2D eigenvalue weighted by atomic mass is 10.2. The third-order valence-corrected chi connectivity index (χ3v) is 4.88. The highest BCUT2D eigenvalue weighted by Crippen LogP contribution is 2.24. The predicted octanol–water partition coefficient (Wildman–Crippen LogP) is 3.68. The number of ether oxygens (including phenoxy) is 1. The average Bonchev–Trinajstić information content (AvgIpc) is 3.38. The summed E-state index contributed by atoms with van der Waals surface area (Å²) < 4.78 is 6.81. The van der Waals surface area contributed by atoms with Gasteiger partial charge in [-0.05, 0) is 75.2 Å². The molecule has 2 aromatic carbocycles. The lowest BCUT2D eigenvalue weighted by Crippen LogP contribution is -2.17. The van der Waals surface area contributed by atoms with Crippen LogP contribution in [-0.2, 0) is 0 Å². The molecular formula is C22H26N6O2. The molecule has 8 heteroatoms. The maximum Gasteiger partial charge on any atom is 0.281 e. The van der Waals surface area contributed by atoms with Crippen molar-refractivity contribution in [3.63, 3.8) is 0 Å². The fourth-order valence-electron chi connectivity index (χ4n) is 3.48. The van der Waals surface area contributed by atoms with Crippen LogP contribution in [-0.4, -0.2) is 39.9 Å². The number of rotatable bonds is 6. The smallest absolute Gasteiger partial charge is 0.281 e. The van der Waals surface area contributed by atoms with Gasteiger partial charge in [0, 0.05) is 30.0 Å². The van der Waals surface area contributed by atoms with E-state index in [9.17, 15) is 4.79 Å². The third-order valence-electron chi connectivity index (χ3n) is 4.88. The summed E-state index contributed by atoms with van der Waals surface area (Å²) in [5.41, 5.74) is 8.23. The molecule has 1 aromatic heterocycles. The number of hydrogen-bond donors (Lipinski definition) is 2. The number of carbonyl (C=O) groups excluding carboxylic acids is 1. The summed E-state index contributed by atoms with van der Waals surface area (Å²) in [6.07, 6.45) is 2.53. The van der Waals surface area contributed by atoms with Gasteiger partial charge < -0.3 is 20.7 Å². The van der Waals surface area contributed by atoms with E-state index >= 15 is 0 Å². The molecule has 0 aliphatic carbocycles. The lowest BCUT2D eigenvalue weighted by Gasteiger charge is -2.17. The van der Waals surface area contributed by atoms with Crippen LogP contribution < -0.4 is 20.7 Å². The van der Waals surface area contributed by atoms with Gasteiger partial charge in [0.05, 0.1) is 6.10 Å². The van der Waals surface area contributed by atoms with Crippen molar-refractivity contribution in [2.75, 3.05) is 29.0 Å². The molecule has 4 rings (SSSR count). The second kappa shape index (κ2) is 8.44. The van der Waals surface area contributed by atoms with Crippen molar-refractivity contribution in [3.05, 3.63) is 54.1 Å². The topological polar surface area (TPSA) is 98.3 Å². The third kappa shape index (κ3) is 4.37. The largest absolute Gasteiger partial charge is 0.491 e. The predicted molar refractivity (Wildman–Crippen MR) is 118 cm³/mol. The minimum absolute atomic E-state index is 0.0271. The van der Waals surface area contributed by atoms with Gasteiger partial charge in [-0.2, -0.15) is 9.67 Å². The first kappa shape index (κ1) is 19.8. The molecule has 0 saturated carbocycles. The Hall–Kier alpha value is -3.55. The van der Waals surface area contributed by atoms with Gasteiger partial charge >= 0.3 is 0 Å².